The summed E-state index contributed by atoms with van der Waals surface area (Å²) in [5, 5.41) is 0. The second-order valence-electron chi connectivity index (χ2n) is 5.86. The van der Waals surface area contributed by atoms with E-state index in [1.54, 1.807) is 0 Å². The molecule has 1 saturated carbocycles. The number of hydrogen-bond donors (Lipinski definition) is 1. The Bertz CT molecular complexity index is 214. The molecule has 1 heterocycles. The second kappa shape index (κ2) is 2.48. The number of hydrogen-bond acceptors (Lipinski definition) is 2. The first kappa shape index (κ1) is 9.47. The molecular formula is C11H22N2. The quantitative estimate of drug-likeness (QED) is 0.665. The fourth-order valence-electron chi connectivity index (χ4n) is 3.31. The van der Waals surface area contributed by atoms with Gasteiger partial charge in [0.25, 0.3) is 0 Å². The van der Waals surface area contributed by atoms with Gasteiger partial charge >= 0.3 is 0 Å². The van der Waals surface area contributed by atoms with Crippen molar-refractivity contribution in [3.8, 4) is 0 Å². The van der Waals surface area contributed by atoms with Crippen molar-refractivity contribution in [2.24, 2.45) is 16.6 Å². The van der Waals surface area contributed by atoms with Gasteiger partial charge in [0.1, 0.15) is 0 Å². The predicted octanol–water partition coefficient (Wildman–Crippen LogP) is 1.45. The van der Waals surface area contributed by atoms with Crippen LogP contribution in [0.15, 0.2) is 0 Å². The van der Waals surface area contributed by atoms with Gasteiger partial charge in [-0.3, -0.25) is 0 Å². The van der Waals surface area contributed by atoms with Gasteiger partial charge in [0.2, 0.25) is 0 Å². The van der Waals surface area contributed by atoms with E-state index in [4.69, 9.17) is 5.73 Å². The zero-order valence-electron chi connectivity index (χ0n) is 9.30. The molecule has 76 valence electrons. The predicted molar refractivity (Wildman–Crippen MR) is 55.5 cm³/mol. The van der Waals surface area contributed by atoms with Gasteiger partial charge in [0.15, 0.2) is 0 Å². The number of nitrogens with two attached hydrogens (primary N) is 1. The summed E-state index contributed by atoms with van der Waals surface area (Å²) in [6.07, 6.45) is 2.51. The van der Waals surface area contributed by atoms with Crippen molar-refractivity contribution in [3.05, 3.63) is 0 Å². The van der Waals surface area contributed by atoms with E-state index in [0.29, 0.717) is 22.9 Å². The molecule has 0 radical (unpaired) electrons. The van der Waals surface area contributed by atoms with E-state index in [9.17, 15) is 0 Å². The van der Waals surface area contributed by atoms with E-state index >= 15 is 0 Å². The lowest BCUT2D eigenvalue weighted by Crippen LogP contribution is -2.45. The number of nitrogens with zero attached hydrogens (tertiary/aromatic N) is 1. The van der Waals surface area contributed by atoms with Gasteiger partial charge in [-0.15, -0.1) is 0 Å². The first-order chi connectivity index (χ1) is 5.88. The Morgan fingerprint density at radius 2 is 1.85 bits per heavy atom. The van der Waals surface area contributed by atoms with Crippen molar-refractivity contribution in [1.82, 2.24) is 4.90 Å². The normalized spacial score (nSPS) is 49.6. The summed E-state index contributed by atoms with van der Waals surface area (Å²) >= 11 is 0. The molecule has 3 atom stereocenters. The third-order valence-electron chi connectivity index (χ3n) is 4.58. The number of likely N-dealkylation sites (N-methyl/N-ethyl adjacent to an activating group) is 1. The minimum Gasteiger partial charge on any atom is -0.326 e. The van der Waals surface area contributed by atoms with Crippen LogP contribution in [0.2, 0.25) is 0 Å². The standard InChI is InChI=1S/C11H22N2/c1-10(2)7-11(10,3)9-8(12)5-6-13(9)4/h8-9H,5-7,12H2,1-4H3. The molecular weight excluding hydrogens is 160 g/mol. The molecule has 2 rings (SSSR count). The Morgan fingerprint density at radius 3 is 2.15 bits per heavy atom. The molecule has 2 heteroatoms. The molecule has 13 heavy (non-hydrogen) atoms. The van der Waals surface area contributed by atoms with Crippen LogP contribution in [0.5, 0.6) is 0 Å². The summed E-state index contributed by atoms with van der Waals surface area (Å²) in [5.74, 6) is 0. The summed E-state index contributed by atoms with van der Waals surface area (Å²) < 4.78 is 0. The van der Waals surface area contributed by atoms with Crippen molar-refractivity contribution in [3.63, 3.8) is 0 Å². The average Bonchev–Trinajstić information content (AvgIpc) is 2.35. The van der Waals surface area contributed by atoms with E-state index in [2.05, 4.69) is 32.7 Å². The average molecular weight is 182 g/mol. The van der Waals surface area contributed by atoms with E-state index in [0.717, 1.165) is 0 Å². The van der Waals surface area contributed by atoms with Gasteiger partial charge in [0.05, 0.1) is 0 Å². The molecule has 0 spiro atoms. The second-order valence-corrected chi connectivity index (χ2v) is 5.86. The number of rotatable bonds is 1. The van der Waals surface area contributed by atoms with Crippen LogP contribution >= 0.6 is 0 Å². The first-order valence-corrected chi connectivity index (χ1v) is 5.34. The lowest BCUT2D eigenvalue weighted by molar-refractivity contribution is 0.178. The highest BCUT2D eigenvalue weighted by molar-refractivity contribution is 5.16. The zero-order valence-corrected chi connectivity index (χ0v) is 9.30. The first-order valence-electron chi connectivity index (χ1n) is 5.34. The molecule has 0 bridgehead atoms. The molecule has 0 aromatic carbocycles. The summed E-state index contributed by atoms with van der Waals surface area (Å²) in [6.45, 7) is 8.31. The molecule has 1 aliphatic carbocycles. The van der Waals surface area contributed by atoms with Gasteiger partial charge in [-0.05, 0) is 37.3 Å². The highest BCUT2D eigenvalue weighted by atomic mass is 15.2. The van der Waals surface area contributed by atoms with Crippen LogP contribution in [-0.4, -0.2) is 30.6 Å². The third-order valence-corrected chi connectivity index (χ3v) is 4.58. The SMILES string of the molecule is CN1CCC(N)C1C1(C)CC1(C)C. The topological polar surface area (TPSA) is 29.3 Å². The fourth-order valence-corrected chi connectivity index (χ4v) is 3.31. The van der Waals surface area contributed by atoms with Crippen LogP contribution in [-0.2, 0) is 0 Å². The van der Waals surface area contributed by atoms with E-state index in [1.165, 1.54) is 19.4 Å². The van der Waals surface area contributed by atoms with Crippen LogP contribution in [0.1, 0.15) is 33.6 Å². The molecule has 2 fully saturated rings. The summed E-state index contributed by atoms with van der Waals surface area (Å²) in [4.78, 5) is 2.46. The van der Waals surface area contributed by atoms with E-state index in [1.807, 2.05) is 0 Å². The van der Waals surface area contributed by atoms with Crippen LogP contribution < -0.4 is 5.73 Å². The molecule has 0 aromatic rings. The summed E-state index contributed by atoms with van der Waals surface area (Å²) in [6, 6.07) is 1.01. The molecule has 1 saturated heterocycles. The van der Waals surface area contributed by atoms with Gasteiger partial charge in [-0.1, -0.05) is 20.8 Å². The third kappa shape index (κ3) is 1.15. The summed E-state index contributed by atoms with van der Waals surface area (Å²) in [7, 11) is 2.22. The van der Waals surface area contributed by atoms with Crippen molar-refractivity contribution in [1.29, 1.82) is 0 Å². The Hall–Kier alpha value is -0.0800. The monoisotopic (exact) mass is 182 g/mol. The van der Waals surface area contributed by atoms with Crippen molar-refractivity contribution in [2.45, 2.75) is 45.7 Å². The van der Waals surface area contributed by atoms with E-state index < -0.39 is 0 Å². The molecule has 1 aliphatic heterocycles. The van der Waals surface area contributed by atoms with Crippen LogP contribution in [0.3, 0.4) is 0 Å². The van der Waals surface area contributed by atoms with Crippen molar-refractivity contribution >= 4 is 0 Å². The zero-order chi connectivity index (χ0) is 9.85. The Balaban J connectivity index is 2.17. The maximum Gasteiger partial charge on any atom is 0.0303 e. The van der Waals surface area contributed by atoms with Crippen LogP contribution in [0, 0.1) is 10.8 Å². The largest absolute Gasteiger partial charge is 0.326 e. The maximum atomic E-state index is 6.17. The maximum absolute atomic E-state index is 6.17. The Morgan fingerprint density at radius 1 is 1.31 bits per heavy atom. The molecule has 0 aromatic heterocycles. The van der Waals surface area contributed by atoms with Crippen molar-refractivity contribution in [2.75, 3.05) is 13.6 Å². The highest BCUT2D eigenvalue weighted by Crippen LogP contribution is 2.66. The Labute approximate surface area is 81.5 Å². The highest BCUT2D eigenvalue weighted by Gasteiger charge is 2.64. The molecule has 3 unspecified atom stereocenters. The molecule has 0 amide bonds. The van der Waals surface area contributed by atoms with Crippen LogP contribution in [0.25, 0.3) is 0 Å². The summed E-state index contributed by atoms with van der Waals surface area (Å²) in [5.41, 5.74) is 7.15. The Kier molecular flexibility index (Phi) is 1.81. The fraction of sp³-hybridized carbons (Fsp3) is 1.00. The molecule has 2 aliphatic rings. The number of likely N-dealkylation sites (tertiary alicyclic amines) is 1. The smallest absolute Gasteiger partial charge is 0.0303 e. The minimum atomic E-state index is 0.400. The minimum absolute atomic E-state index is 0.400. The van der Waals surface area contributed by atoms with Gasteiger partial charge < -0.3 is 10.6 Å². The lowest BCUT2D eigenvalue weighted by Gasteiger charge is -2.32. The molecule has 2 nitrogen and oxygen atoms in total. The van der Waals surface area contributed by atoms with Crippen molar-refractivity contribution < 1.29 is 0 Å². The lowest BCUT2D eigenvalue weighted by atomic mass is 9.86. The van der Waals surface area contributed by atoms with E-state index in [-0.39, 0.29) is 0 Å². The van der Waals surface area contributed by atoms with Gasteiger partial charge in [-0.25, -0.2) is 0 Å². The van der Waals surface area contributed by atoms with Gasteiger partial charge in [-0.2, -0.15) is 0 Å². The van der Waals surface area contributed by atoms with Gasteiger partial charge in [0, 0.05) is 12.1 Å². The van der Waals surface area contributed by atoms with Crippen LogP contribution in [0.4, 0.5) is 0 Å². The molecule has 2 N–H and O–H groups in total.